The maximum atomic E-state index is 5.79. The van der Waals surface area contributed by atoms with Gasteiger partial charge in [0.05, 0.1) is 6.54 Å². The molecule has 1 rings (SSSR count). The molecule has 96 valence electrons. The van der Waals surface area contributed by atoms with Crippen LogP contribution in [0.25, 0.3) is 0 Å². The van der Waals surface area contributed by atoms with Gasteiger partial charge in [-0.1, -0.05) is 11.6 Å². The molecule has 0 radical (unpaired) electrons. The van der Waals surface area contributed by atoms with Gasteiger partial charge < -0.3 is 11.1 Å². The van der Waals surface area contributed by atoms with E-state index >= 15 is 0 Å². The largest absolute Gasteiger partial charge is 0.370 e. The van der Waals surface area contributed by atoms with E-state index in [4.69, 9.17) is 17.3 Å². The third-order valence-corrected chi connectivity index (χ3v) is 3.06. The van der Waals surface area contributed by atoms with Crippen LogP contribution in [0.15, 0.2) is 34.2 Å². The van der Waals surface area contributed by atoms with E-state index in [9.17, 15) is 0 Å². The highest BCUT2D eigenvalue weighted by Gasteiger charge is 1.94. The third-order valence-electron chi connectivity index (χ3n) is 1.81. The van der Waals surface area contributed by atoms with Gasteiger partial charge in [0, 0.05) is 22.2 Å². The summed E-state index contributed by atoms with van der Waals surface area (Å²) in [5, 5.41) is 3.72. The number of thioether (sulfide) groups is 1. The number of guanidine groups is 1. The Hall–Kier alpha value is -0.140. The number of rotatable bonds is 5. The molecular weight excluding hydrogens is 369 g/mol. The number of halogens is 2. The Morgan fingerprint density at radius 2 is 2.06 bits per heavy atom. The van der Waals surface area contributed by atoms with Crippen molar-refractivity contribution in [2.24, 2.45) is 10.7 Å². The number of aliphatic imine (C=N–C) groups is 1. The molecule has 6 heteroatoms. The second kappa shape index (κ2) is 9.85. The topological polar surface area (TPSA) is 50.4 Å². The smallest absolute Gasteiger partial charge is 0.188 e. The molecule has 0 aliphatic carbocycles. The number of nitrogens with zero attached hydrogens (tertiary/aromatic N) is 1. The van der Waals surface area contributed by atoms with E-state index < -0.39 is 0 Å². The van der Waals surface area contributed by atoms with Gasteiger partial charge in [-0.3, -0.25) is 4.99 Å². The monoisotopic (exact) mass is 385 g/mol. The second-order valence-electron chi connectivity index (χ2n) is 3.10. The van der Waals surface area contributed by atoms with Crippen LogP contribution in [0, 0.1) is 0 Å². The predicted molar refractivity (Wildman–Crippen MR) is 87.8 cm³/mol. The first-order valence-corrected chi connectivity index (χ1v) is 6.51. The second-order valence-corrected chi connectivity index (χ2v) is 4.70. The Bertz CT molecular complexity index is 343. The SMILES string of the molecule is CCNC(N)=NCCSc1ccc(Cl)cc1.I. The van der Waals surface area contributed by atoms with Crippen molar-refractivity contribution in [1.29, 1.82) is 0 Å². The van der Waals surface area contributed by atoms with E-state index in [1.807, 2.05) is 31.2 Å². The van der Waals surface area contributed by atoms with Gasteiger partial charge in [0.1, 0.15) is 0 Å². The highest BCUT2D eigenvalue weighted by atomic mass is 127. The summed E-state index contributed by atoms with van der Waals surface area (Å²) in [6, 6.07) is 7.79. The molecule has 0 bridgehead atoms. The molecule has 0 aromatic heterocycles. The summed E-state index contributed by atoms with van der Waals surface area (Å²) in [7, 11) is 0. The van der Waals surface area contributed by atoms with Crippen LogP contribution in [0.3, 0.4) is 0 Å². The molecule has 1 aromatic rings. The molecule has 0 amide bonds. The number of hydrogen-bond donors (Lipinski definition) is 2. The fraction of sp³-hybridized carbons (Fsp3) is 0.364. The number of nitrogens with two attached hydrogens (primary N) is 1. The van der Waals surface area contributed by atoms with Crippen molar-refractivity contribution in [3.05, 3.63) is 29.3 Å². The standard InChI is InChI=1S/C11H16ClN3S.HI/c1-2-14-11(13)15-7-8-16-10-5-3-9(12)4-6-10;/h3-6H,2,7-8H2,1H3,(H3,13,14,15);1H. The Labute approximate surface area is 129 Å². The van der Waals surface area contributed by atoms with Crippen molar-refractivity contribution in [1.82, 2.24) is 5.32 Å². The highest BCUT2D eigenvalue weighted by Crippen LogP contribution is 2.19. The van der Waals surface area contributed by atoms with Gasteiger partial charge in [0.25, 0.3) is 0 Å². The normalized spacial score (nSPS) is 10.8. The Morgan fingerprint density at radius 1 is 1.41 bits per heavy atom. The van der Waals surface area contributed by atoms with E-state index in [1.54, 1.807) is 11.8 Å². The van der Waals surface area contributed by atoms with Gasteiger partial charge in [0.15, 0.2) is 5.96 Å². The lowest BCUT2D eigenvalue weighted by Gasteiger charge is -2.02. The zero-order chi connectivity index (χ0) is 11.8. The highest BCUT2D eigenvalue weighted by molar-refractivity contribution is 14.0. The Morgan fingerprint density at radius 3 is 2.65 bits per heavy atom. The Balaban J connectivity index is 0.00000256. The molecule has 3 nitrogen and oxygen atoms in total. The molecule has 0 spiro atoms. The van der Waals surface area contributed by atoms with Crippen LogP contribution in [0.4, 0.5) is 0 Å². The maximum Gasteiger partial charge on any atom is 0.188 e. The van der Waals surface area contributed by atoms with Crippen LogP contribution >= 0.6 is 47.3 Å². The summed E-state index contributed by atoms with van der Waals surface area (Å²) in [6.45, 7) is 3.51. The van der Waals surface area contributed by atoms with Crippen molar-refractivity contribution < 1.29 is 0 Å². The summed E-state index contributed by atoms with van der Waals surface area (Å²) in [5.41, 5.74) is 5.60. The van der Waals surface area contributed by atoms with Gasteiger partial charge in [-0.05, 0) is 31.2 Å². The fourth-order valence-electron chi connectivity index (χ4n) is 1.10. The maximum absolute atomic E-state index is 5.79. The zero-order valence-corrected chi connectivity index (χ0v) is 13.6. The molecule has 0 heterocycles. The van der Waals surface area contributed by atoms with Gasteiger partial charge in [-0.25, -0.2) is 0 Å². The Kier molecular flexibility index (Phi) is 9.76. The third kappa shape index (κ3) is 7.72. The first kappa shape index (κ1) is 16.9. The molecule has 3 N–H and O–H groups in total. The van der Waals surface area contributed by atoms with Gasteiger partial charge in [0.2, 0.25) is 0 Å². The number of hydrogen-bond acceptors (Lipinski definition) is 2. The van der Waals surface area contributed by atoms with Crippen molar-refractivity contribution in [3.8, 4) is 0 Å². The average molecular weight is 386 g/mol. The molecule has 1 aromatic carbocycles. The summed E-state index contributed by atoms with van der Waals surface area (Å²) < 4.78 is 0. The van der Waals surface area contributed by atoms with Crippen molar-refractivity contribution >= 4 is 53.3 Å². The van der Waals surface area contributed by atoms with Gasteiger partial charge >= 0.3 is 0 Å². The van der Waals surface area contributed by atoms with Crippen LogP contribution in [-0.4, -0.2) is 24.8 Å². The van der Waals surface area contributed by atoms with E-state index in [0.717, 1.165) is 17.3 Å². The first-order valence-electron chi connectivity index (χ1n) is 5.14. The lowest BCUT2D eigenvalue weighted by atomic mass is 10.4. The van der Waals surface area contributed by atoms with Gasteiger partial charge in [-0.2, -0.15) is 0 Å². The molecule has 0 fully saturated rings. The van der Waals surface area contributed by atoms with E-state index in [2.05, 4.69) is 10.3 Å². The van der Waals surface area contributed by atoms with Crippen molar-refractivity contribution in [2.45, 2.75) is 11.8 Å². The minimum Gasteiger partial charge on any atom is -0.370 e. The summed E-state index contributed by atoms with van der Waals surface area (Å²) in [4.78, 5) is 5.38. The van der Waals surface area contributed by atoms with E-state index in [1.165, 1.54) is 4.90 Å². The molecule has 0 saturated carbocycles. The van der Waals surface area contributed by atoms with Crippen LogP contribution in [-0.2, 0) is 0 Å². The zero-order valence-electron chi connectivity index (χ0n) is 9.65. The van der Waals surface area contributed by atoms with E-state index in [-0.39, 0.29) is 24.0 Å². The van der Waals surface area contributed by atoms with Crippen LogP contribution in [0.2, 0.25) is 5.02 Å². The van der Waals surface area contributed by atoms with Crippen LogP contribution in [0.5, 0.6) is 0 Å². The first-order chi connectivity index (χ1) is 7.72. The average Bonchev–Trinajstić information content (AvgIpc) is 2.27. The van der Waals surface area contributed by atoms with Crippen LogP contribution < -0.4 is 11.1 Å². The minimum absolute atomic E-state index is 0. The van der Waals surface area contributed by atoms with Crippen molar-refractivity contribution in [3.63, 3.8) is 0 Å². The fourth-order valence-corrected chi connectivity index (χ4v) is 1.97. The summed E-state index contributed by atoms with van der Waals surface area (Å²) in [5.74, 6) is 1.42. The van der Waals surface area contributed by atoms with Crippen LogP contribution in [0.1, 0.15) is 6.92 Å². The molecule has 17 heavy (non-hydrogen) atoms. The number of nitrogens with one attached hydrogen (secondary N) is 1. The van der Waals surface area contributed by atoms with Crippen molar-refractivity contribution in [2.75, 3.05) is 18.8 Å². The molecule has 0 aliphatic heterocycles. The summed E-state index contributed by atoms with van der Waals surface area (Å²) in [6.07, 6.45) is 0. The lowest BCUT2D eigenvalue weighted by Crippen LogP contribution is -2.31. The lowest BCUT2D eigenvalue weighted by molar-refractivity contribution is 0.936. The molecular formula is C11H17ClIN3S. The molecule has 0 saturated heterocycles. The molecule has 0 aliphatic rings. The predicted octanol–water partition coefficient (Wildman–Crippen LogP) is 2.97. The van der Waals surface area contributed by atoms with E-state index in [0.29, 0.717) is 12.5 Å². The summed E-state index contributed by atoms with van der Waals surface area (Å²) >= 11 is 7.53. The molecule has 0 unspecified atom stereocenters. The quantitative estimate of drug-likeness (QED) is 0.269. The van der Waals surface area contributed by atoms with Gasteiger partial charge in [-0.15, -0.1) is 35.7 Å². The molecule has 0 atom stereocenters. The minimum atomic E-state index is 0. The number of benzene rings is 1.